The number of carbonyl (C=O) groups excluding carboxylic acids is 2. The second-order valence-corrected chi connectivity index (χ2v) is 11.6. The number of anilines is 1. The smallest absolute Gasteiger partial charge is 0.271 e. The fourth-order valence-electron chi connectivity index (χ4n) is 4.21. The summed E-state index contributed by atoms with van der Waals surface area (Å²) in [7, 11) is -4.06. The van der Waals surface area contributed by atoms with Gasteiger partial charge >= 0.3 is 0 Å². The van der Waals surface area contributed by atoms with E-state index >= 15 is 0 Å². The minimum absolute atomic E-state index is 0.00381. The summed E-state index contributed by atoms with van der Waals surface area (Å²) in [6.45, 7) is 3.02. The van der Waals surface area contributed by atoms with Gasteiger partial charge in [-0.3, -0.25) is 24.0 Å². The van der Waals surface area contributed by atoms with Crippen molar-refractivity contribution in [2.45, 2.75) is 32.9 Å². The number of nitro groups is 1. The number of halogens is 1. The number of non-ortho nitro benzene ring substituents is 1. The summed E-state index contributed by atoms with van der Waals surface area (Å²) in [5, 5.41) is 14.7. The normalized spacial score (nSPS) is 11.9. The van der Waals surface area contributed by atoms with Crippen molar-refractivity contribution in [2.75, 3.05) is 23.7 Å². The number of nitro benzene ring substituents is 1. The van der Waals surface area contributed by atoms with Crippen molar-refractivity contribution in [3.05, 3.63) is 105 Å². The number of amides is 2. The second kappa shape index (κ2) is 13.4. The lowest BCUT2D eigenvalue weighted by atomic mass is 10.0. The van der Waals surface area contributed by atoms with Gasteiger partial charge < -0.3 is 10.2 Å². The van der Waals surface area contributed by atoms with E-state index in [4.69, 9.17) is 11.6 Å². The Morgan fingerprint density at radius 2 is 1.68 bits per heavy atom. The summed E-state index contributed by atoms with van der Waals surface area (Å²) in [4.78, 5) is 39.4. The standard InChI is InChI=1S/C28H31ClN4O6S/c1-4-30-28(35)26(16-21-8-6-5-7-9-21)31(18-22-11-13-23(29)14-12-22)27(34)19-32(40(3,38)39)25-17-24(33(36)37)15-10-20(25)2/h5-15,17,26H,4,16,18-19H2,1-3H3,(H,30,35)/t26-/m0/s1. The Bertz CT molecular complexity index is 1470. The predicted octanol–water partition coefficient (Wildman–Crippen LogP) is 4.10. The summed E-state index contributed by atoms with van der Waals surface area (Å²) in [5.41, 5.74) is 1.61. The van der Waals surface area contributed by atoms with Gasteiger partial charge in [0.1, 0.15) is 12.6 Å². The predicted molar refractivity (Wildman–Crippen MR) is 155 cm³/mol. The highest BCUT2D eigenvalue weighted by atomic mass is 35.5. The maximum absolute atomic E-state index is 14.0. The molecule has 0 unspecified atom stereocenters. The van der Waals surface area contributed by atoms with Crippen molar-refractivity contribution in [1.82, 2.24) is 10.2 Å². The van der Waals surface area contributed by atoms with Gasteiger partial charge in [-0.25, -0.2) is 8.42 Å². The van der Waals surface area contributed by atoms with Gasteiger partial charge in [-0.05, 0) is 42.7 Å². The molecule has 0 saturated heterocycles. The van der Waals surface area contributed by atoms with Crippen LogP contribution in [0.2, 0.25) is 5.02 Å². The van der Waals surface area contributed by atoms with Crippen molar-refractivity contribution in [3.8, 4) is 0 Å². The molecular weight excluding hydrogens is 556 g/mol. The number of nitrogens with one attached hydrogen (secondary N) is 1. The monoisotopic (exact) mass is 586 g/mol. The average Bonchev–Trinajstić information content (AvgIpc) is 2.90. The van der Waals surface area contributed by atoms with Crippen LogP contribution in [-0.4, -0.2) is 55.4 Å². The van der Waals surface area contributed by atoms with Crippen LogP contribution in [0.25, 0.3) is 0 Å². The fraction of sp³-hybridized carbons (Fsp3) is 0.286. The highest BCUT2D eigenvalue weighted by molar-refractivity contribution is 7.92. The summed E-state index contributed by atoms with van der Waals surface area (Å²) in [5.74, 6) is -1.05. The van der Waals surface area contributed by atoms with Crippen LogP contribution in [0.5, 0.6) is 0 Å². The SMILES string of the molecule is CCNC(=O)[C@H](Cc1ccccc1)N(Cc1ccc(Cl)cc1)C(=O)CN(c1cc([N+](=O)[O-])ccc1C)S(C)(=O)=O. The zero-order valence-corrected chi connectivity index (χ0v) is 24.0. The fourth-order valence-corrected chi connectivity index (χ4v) is 5.23. The molecule has 10 nitrogen and oxygen atoms in total. The first-order chi connectivity index (χ1) is 18.9. The van der Waals surface area contributed by atoms with E-state index in [1.54, 1.807) is 38.1 Å². The van der Waals surface area contributed by atoms with E-state index in [0.29, 0.717) is 22.7 Å². The zero-order valence-electron chi connectivity index (χ0n) is 22.4. The molecule has 0 bridgehead atoms. The number of sulfonamides is 1. The molecule has 0 radical (unpaired) electrons. The molecule has 212 valence electrons. The molecule has 0 aliphatic rings. The second-order valence-electron chi connectivity index (χ2n) is 9.25. The number of benzene rings is 3. The average molecular weight is 587 g/mol. The van der Waals surface area contributed by atoms with Gasteiger partial charge in [0.25, 0.3) is 5.69 Å². The Morgan fingerprint density at radius 3 is 2.25 bits per heavy atom. The zero-order chi connectivity index (χ0) is 29.4. The number of hydrogen-bond acceptors (Lipinski definition) is 6. The molecule has 0 spiro atoms. The third kappa shape index (κ3) is 8.03. The first-order valence-electron chi connectivity index (χ1n) is 12.5. The summed E-state index contributed by atoms with van der Waals surface area (Å²) < 4.78 is 26.7. The minimum Gasteiger partial charge on any atom is -0.355 e. The maximum atomic E-state index is 14.0. The molecule has 3 aromatic rings. The summed E-state index contributed by atoms with van der Waals surface area (Å²) >= 11 is 6.04. The van der Waals surface area contributed by atoms with Crippen LogP contribution in [0, 0.1) is 17.0 Å². The van der Waals surface area contributed by atoms with Gasteiger partial charge in [0.05, 0.1) is 16.9 Å². The molecule has 40 heavy (non-hydrogen) atoms. The van der Waals surface area contributed by atoms with E-state index in [1.807, 2.05) is 30.3 Å². The molecule has 0 fully saturated rings. The molecule has 1 atom stereocenters. The van der Waals surface area contributed by atoms with E-state index in [2.05, 4.69) is 5.32 Å². The molecule has 3 aromatic carbocycles. The first kappa shape index (κ1) is 30.6. The number of aryl methyl sites for hydroxylation is 1. The molecule has 2 amide bonds. The van der Waals surface area contributed by atoms with Crippen LogP contribution in [0.15, 0.2) is 72.8 Å². The summed E-state index contributed by atoms with van der Waals surface area (Å²) in [6.07, 6.45) is 1.11. The lowest BCUT2D eigenvalue weighted by Crippen LogP contribution is -2.53. The Labute approximate surface area is 238 Å². The Balaban J connectivity index is 2.08. The number of rotatable bonds is 12. The molecular formula is C28H31ClN4O6S. The Hall–Kier alpha value is -3.96. The number of hydrogen-bond donors (Lipinski definition) is 1. The lowest BCUT2D eigenvalue weighted by Gasteiger charge is -2.33. The molecule has 0 heterocycles. The number of nitrogens with zero attached hydrogens (tertiary/aromatic N) is 3. The highest BCUT2D eigenvalue weighted by Gasteiger charge is 2.33. The van der Waals surface area contributed by atoms with Gasteiger partial charge in [-0.1, -0.05) is 60.1 Å². The molecule has 0 aromatic heterocycles. The molecule has 12 heteroatoms. The van der Waals surface area contributed by atoms with Crippen LogP contribution in [0.4, 0.5) is 11.4 Å². The van der Waals surface area contributed by atoms with Crippen LogP contribution < -0.4 is 9.62 Å². The molecule has 0 aliphatic heterocycles. The molecule has 3 rings (SSSR count). The lowest BCUT2D eigenvalue weighted by molar-refractivity contribution is -0.384. The maximum Gasteiger partial charge on any atom is 0.271 e. The van der Waals surface area contributed by atoms with E-state index in [-0.39, 0.29) is 24.3 Å². The highest BCUT2D eigenvalue weighted by Crippen LogP contribution is 2.28. The number of carbonyl (C=O) groups is 2. The molecule has 0 aliphatic carbocycles. The largest absolute Gasteiger partial charge is 0.355 e. The van der Waals surface area contributed by atoms with Crippen LogP contribution >= 0.6 is 11.6 Å². The number of likely N-dealkylation sites (N-methyl/N-ethyl adjacent to an activating group) is 1. The quantitative estimate of drug-likeness (QED) is 0.251. The van der Waals surface area contributed by atoms with Crippen LogP contribution in [0.1, 0.15) is 23.6 Å². The Morgan fingerprint density at radius 1 is 1.02 bits per heavy atom. The van der Waals surface area contributed by atoms with Crippen LogP contribution in [-0.2, 0) is 32.6 Å². The van der Waals surface area contributed by atoms with Crippen molar-refractivity contribution in [1.29, 1.82) is 0 Å². The van der Waals surface area contributed by atoms with E-state index in [9.17, 15) is 28.1 Å². The molecule has 1 N–H and O–H groups in total. The van der Waals surface area contributed by atoms with E-state index in [1.165, 1.54) is 17.0 Å². The van der Waals surface area contributed by atoms with Crippen molar-refractivity contribution in [2.24, 2.45) is 0 Å². The van der Waals surface area contributed by atoms with Crippen LogP contribution in [0.3, 0.4) is 0 Å². The van der Waals surface area contributed by atoms with Gasteiger partial charge in [0.2, 0.25) is 21.8 Å². The van der Waals surface area contributed by atoms with Gasteiger partial charge in [0, 0.05) is 36.7 Å². The van der Waals surface area contributed by atoms with Gasteiger partial charge in [-0.2, -0.15) is 0 Å². The van der Waals surface area contributed by atoms with E-state index in [0.717, 1.165) is 22.2 Å². The van der Waals surface area contributed by atoms with Crippen molar-refractivity contribution in [3.63, 3.8) is 0 Å². The third-order valence-corrected chi connectivity index (χ3v) is 7.62. The third-order valence-electron chi connectivity index (χ3n) is 6.24. The summed E-state index contributed by atoms with van der Waals surface area (Å²) in [6, 6.07) is 18.8. The Kier molecular flexibility index (Phi) is 10.2. The minimum atomic E-state index is -4.06. The topological polar surface area (TPSA) is 130 Å². The van der Waals surface area contributed by atoms with Gasteiger partial charge in [-0.15, -0.1) is 0 Å². The molecule has 0 saturated carbocycles. The van der Waals surface area contributed by atoms with Gasteiger partial charge in [0.15, 0.2) is 0 Å². The van der Waals surface area contributed by atoms with Crippen molar-refractivity contribution >= 4 is 44.8 Å². The van der Waals surface area contributed by atoms with E-state index < -0.39 is 39.3 Å². The van der Waals surface area contributed by atoms with Crippen molar-refractivity contribution < 1.29 is 22.9 Å². The first-order valence-corrected chi connectivity index (χ1v) is 14.7.